The Kier molecular flexibility index (Phi) is 7.26. The van der Waals surface area contributed by atoms with Crippen LogP contribution in [0.2, 0.25) is 0 Å². The van der Waals surface area contributed by atoms with Crippen molar-refractivity contribution >= 4 is 17.7 Å². The van der Waals surface area contributed by atoms with Crippen molar-refractivity contribution in [3.05, 3.63) is 71.8 Å². The lowest BCUT2D eigenvalue weighted by Gasteiger charge is -2.34. The highest BCUT2D eigenvalue weighted by molar-refractivity contribution is 5.81. The van der Waals surface area contributed by atoms with Gasteiger partial charge in [-0.1, -0.05) is 74.5 Å². The average molecular weight is 378 g/mol. The highest BCUT2D eigenvalue weighted by Crippen LogP contribution is 2.23. The maximum absolute atomic E-state index is 12.6. The summed E-state index contributed by atoms with van der Waals surface area (Å²) in [6.07, 6.45) is 4.37. The Morgan fingerprint density at radius 1 is 1.00 bits per heavy atom. The number of hydrogen-bond acceptors (Lipinski definition) is 3. The summed E-state index contributed by atoms with van der Waals surface area (Å²) in [5, 5.41) is 3.34. The zero-order valence-electron chi connectivity index (χ0n) is 17.0. The lowest BCUT2D eigenvalue weighted by molar-refractivity contribution is -0.130. The monoisotopic (exact) mass is 377 g/mol. The molecule has 0 atom stereocenters. The van der Waals surface area contributed by atoms with Crippen LogP contribution in [0, 0.1) is 0 Å². The third-order valence-electron chi connectivity index (χ3n) is 5.21. The predicted molar refractivity (Wildman–Crippen MR) is 118 cm³/mol. The van der Waals surface area contributed by atoms with Gasteiger partial charge in [-0.2, -0.15) is 0 Å². The normalized spacial score (nSPS) is 15.3. The summed E-state index contributed by atoms with van der Waals surface area (Å²) in [7, 11) is 0. The first-order valence-electron chi connectivity index (χ1n) is 10.2. The zero-order valence-corrected chi connectivity index (χ0v) is 17.0. The zero-order chi connectivity index (χ0) is 19.8. The summed E-state index contributed by atoms with van der Waals surface area (Å²) in [6, 6.07) is 18.6. The van der Waals surface area contributed by atoms with E-state index in [0.29, 0.717) is 12.5 Å². The van der Waals surface area contributed by atoms with E-state index in [1.807, 2.05) is 23.1 Å². The van der Waals surface area contributed by atoms with E-state index >= 15 is 0 Å². The second-order valence-corrected chi connectivity index (χ2v) is 7.59. The number of nitrogens with zero attached hydrogens (tertiary/aromatic N) is 2. The Hall–Kier alpha value is -2.59. The number of amides is 1. The van der Waals surface area contributed by atoms with Gasteiger partial charge in [0.05, 0.1) is 6.54 Å². The van der Waals surface area contributed by atoms with Gasteiger partial charge in [-0.25, -0.2) is 0 Å². The highest BCUT2D eigenvalue weighted by Gasteiger charge is 2.20. The van der Waals surface area contributed by atoms with E-state index in [2.05, 4.69) is 72.6 Å². The van der Waals surface area contributed by atoms with E-state index in [0.717, 1.165) is 38.4 Å². The van der Waals surface area contributed by atoms with E-state index < -0.39 is 0 Å². The fourth-order valence-corrected chi connectivity index (χ4v) is 3.53. The van der Waals surface area contributed by atoms with Crippen molar-refractivity contribution in [1.29, 1.82) is 0 Å². The van der Waals surface area contributed by atoms with Crippen LogP contribution in [0.5, 0.6) is 0 Å². The highest BCUT2D eigenvalue weighted by atomic mass is 16.2. The molecule has 28 heavy (non-hydrogen) atoms. The number of benzene rings is 2. The summed E-state index contributed by atoms with van der Waals surface area (Å²) in [4.78, 5) is 17.0. The molecule has 1 saturated heterocycles. The molecule has 4 nitrogen and oxygen atoms in total. The SMILES string of the molecule is CC(C)c1ccccc1NCC(=O)N1CCN(C/C=C/c2ccccc2)CC1. The maximum atomic E-state index is 12.6. The topological polar surface area (TPSA) is 35.6 Å². The van der Waals surface area contributed by atoms with Crippen molar-refractivity contribution in [2.75, 3.05) is 44.6 Å². The molecule has 1 aliphatic heterocycles. The minimum atomic E-state index is 0.179. The van der Waals surface area contributed by atoms with Crippen molar-refractivity contribution in [2.24, 2.45) is 0 Å². The molecule has 148 valence electrons. The Bertz CT molecular complexity index is 777. The van der Waals surface area contributed by atoms with Crippen LogP contribution in [0.4, 0.5) is 5.69 Å². The van der Waals surface area contributed by atoms with Crippen molar-refractivity contribution < 1.29 is 4.79 Å². The van der Waals surface area contributed by atoms with E-state index in [9.17, 15) is 4.79 Å². The molecular formula is C24H31N3O. The minimum Gasteiger partial charge on any atom is -0.376 e. The number of carbonyl (C=O) groups is 1. The lowest BCUT2D eigenvalue weighted by atomic mass is 10.0. The number of nitrogens with one attached hydrogen (secondary N) is 1. The molecule has 1 heterocycles. The molecule has 1 aliphatic rings. The summed E-state index contributed by atoms with van der Waals surface area (Å²) in [5.74, 6) is 0.615. The summed E-state index contributed by atoms with van der Waals surface area (Å²) in [5.41, 5.74) is 3.55. The van der Waals surface area contributed by atoms with Crippen LogP contribution in [-0.4, -0.2) is 55.0 Å². The summed E-state index contributed by atoms with van der Waals surface area (Å²) in [6.45, 7) is 9.08. The van der Waals surface area contributed by atoms with Gasteiger partial charge in [0.25, 0.3) is 0 Å². The first-order chi connectivity index (χ1) is 13.6. The van der Waals surface area contributed by atoms with Crippen LogP contribution in [-0.2, 0) is 4.79 Å². The Balaban J connectivity index is 1.42. The van der Waals surface area contributed by atoms with Crippen LogP contribution >= 0.6 is 0 Å². The third-order valence-corrected chi connectivity index (χ3v) is 5.21. The molecule has 2 aromatic rings. The van der Waals surface area contributed by atoms with Crippen molar-refractivity contribution in [3.8, 4) is 0 Å². The number of para-hydroxylation sites is 1. The molecular weight excluding hydrogens is 346 g/mol. The van der Waals surface area contributed by atoms with Gasteiger partial charge in [0, 0.05) is 38.4 Å². The molecule has 1 fully saturated rings. The second-order valence-electron chi connectivity index (χ2n) is 7.59. The van der Waals surface area contributed by atoms with E-state index in [4.69, 9.17) is 0 Å². The molecule has 0 spiro atoms. The average Bonchev–Trinajstić information content (AvgIpc) is 2.73. The molecule has 0 bridgehead atoms. The number of hydrogen-bond donors (Lipinski definition) is 1. The second kappa shape index (κ2) is 10.1. The third kappa shape index (κ3) is 5.70. The Labute approximate surface area is 168 Å². The number of anilines is 1. The van der Waals surface area contributed by atoms with Crippen molar-refractivity contribution in [2.45, 2.75) is 19.8 Å². The molecule has 0 aliphatic carbocycles. The van der Waals surface area contributed by atoms with Crippen LogP contribution in [0.15, 0.2) is 60.7 Å². The van der Waals surface area contributed by atoms with Gasteiger partial charge in [0.1, 0.15) is 0 Å². The van der Waals surface area contributed by atoms with E-state index in [-0.39, 0.29) is 5.91 Å². The first-order valence-corrected chi connectivity index (χ1v) is 10.2. The van der Waals surface area contributed by atoms with Crippen LogP contribution in [0.3, 0.4) is 0 Å². The smallest absolute Gasteiger partial charge is 0.241 e. The minimum absolute atomic E-state index is 0.179. The van der Waals surface area contributed by atoms with Crippen molar-refractivity contribution in [3.63, 3.8) is 0 Å². The molecule has 0 aromatic heterocycles. The van der Waals surface area contributed by atoms with Crippen LogP contribution in [0.25, 0.3) is 6.08 Å². The van der Waals surface area contributed by atoms with Gasteiger partial charge in [-0.3, -0.25) is 9.69 Å². The molecule has 1 amide bonds. The summed E-state index contributed by atoms with van der Waals surface area (Å²) < 4.78 is 0. The fraction of sp³-hybridized carbons (Fsp3) is 0.375. The van der Waals surface area contributed by atoms with Crippen LogP contribution < -0.4 is 5.32 Å². The standard InChI is InChI=1S/C24H31N3O/c1-20(2)22-12-6-7-13-23(22)25-19-24(28)27-17-15-26(16-18-27)14-8-11-21-9-4-3-5-10-21/h3-13,20,25H,14-19H2,1-2H3/b11-8+. The Morgan fingerprint density at radius 2 is 1.68 bits per heavy atom. The van der Waals surface area contributed by atoms with Crippen LogP contribution in [0.1, 0.15) is 30.9 Å². The number of piperazine rings is 1. The molecule has 0 unspecified atom stereocenters. The molecule has 0 saturated carbocycles. The summed E-state index contributed by atoms with van der Waals surface area (Å²) >= 11 is 0. The van der Waals surface area contributed by atoms with Gasteiger partial charge in [-0.15, -0.1) is 0 Å². The molecule has 0 radical (unpaired) electrons. The Morgan fingerprint density at radius 3 is 2.39 bits per heavy atom. The van der Waals surface area contributed by atoms with Gasteiger partial charge < -0.3 is 10.2 Å². The lowest BCUT2D eigenvalue weighted by Crippen LogP contribution is -2.50. The largest absolute Gasteiger partial charge is 0.376 e. The molecule has 3 rings (SSSR count). The quantitative estimate of drug-likeness (QED) is 0.790. The van der Waals surface area contributed by atoms with Gasteiger partial charge in [-0.05, 0) is 23.1 Å². The number of carbonyl (C=O) groups excluding carboxylic acids is 1. The van der Waals surface area contributed by atoms with Gasteiger partial charge in [0.2, 0.25) is 5.91 Å². The fourth-order valence-electron chi connectivity index (χ4n) is 3.53. The van der Waals surface area contributed by atoms with Gasteiger partial charge >= 0.3 is 0 Å². The van der Waals surface area contributed by atoms with E-state index in [1.54, 1.807) is 0 Å². The first kappa shape index (κ1) is 20.2. The number of rotatable bonds is 7. The molecule has 1 N–H and O–H groups in total. The molecule has 4 heteroatoms. The van der Waals surface area contributed by atoms with Crippen molar-refractivity contribution in [1.82, 2.24) is 9.80 Å². The predicted octanol–water partition coefficient (Wildman–Crippen LogP) is 4.08. The van der Waals surface area contributed by atoms with Gasteiger partial charge in [0.15, 0.2) is 0 Å². The van der Waals surface area contributed by atoms with E-state index in [1.165, 1.54) is 11.1 Å². The molecule has 2 aromatic carbocycles. The maximum Gasteiger partial charge on any atom is 0.241 e.